The zero-order valence-electron chi connectivity index (χ0n) is 25.8. The molecule has 2 fully saturated rings. The van der Waals surface area contributed by atoms with E-state index in [4.69, 9.17) is 30.8 Å². The van der Waals surface area contributed by atoms with Crippen LogP contribution in [0, 0.1) is 11.8 Å². The quantitative estimate of drug-likeness (QED) is 0.128. The highest BCUT2D eigenvalue weighted by Gasteiger charge is 2.25. The second-order valence-electron chi connectivity index (χ2n) is 12.2. The van der Waals surface area contributed by atoms with E-state index in [2.05, 4.69) is 20.3 Å². The molecule has 250 valence electrons. The molecule has 0 spiro atoms. The highest BCUT2D eigenvalue weighted by molar-refractivity contribution is 5.89. The molecule has 45 heavy (non-hydrogen) atoms. The Morgan fingerprint density at radius 2 is 1.16 bits per heavy atom. The van der Waals surface area contributed by atoms with Crippen molar-refractivity contribution in [3.63, 3.8) is 0 Å². The molecule has 2 aromatic heterocycles. The predicted molar refractivity (Wildman–Crippen MR) is 159 cm³/mol. The molecule has 7 N–H and O–H groups in total. The monoisotopic (exact) mass is 633 g/mol. The number of nitrogens with two attached hydrogens (primary N) is 2. The Hall–Kier alpha value is -3.88. The van der Waals surface area contributed by atoms with Gasteiger partial charge in [0.1, 0.15) is 0 Å². The molecule has 0 aliphatic heterocycles. The van der Waals surface area contributed by atoms with E-state index in [0.717, 1.165) is 37.5 Å². The number of carboxylic acid groups (broad SMARTS) is 1. The molecule has 2 saturated carbocycles. The Labute approximate surface area is 262 Å². The van der Waals surface area contributed by atoms with E-state index in [0.29, 0.717) is 12.8 Å². The highest BCUT2D eigenvalue weighted by Crippen LogP contribution is 2.32. The smallest absolute Gasteiger partial charge is 0.304 e. The molecule has 3 amide bonds. The van der Waals surface area contributed by atoms with Crippen molar-refractivity contribution in [2.75, 3.05) is 0 Å². The number of rotatable bonds is 16. The van der Waals surface area contributed by atoms with Crippen LogP contribution in [0.2, 0.25) is 0 Å². The Morgan fingerprint density at radius 1 is 0.733 bits per heavy atom. The summed E-state index contributed by atoms with van der Waals surface area (Å²) in [4.78, 5) is 52.4. The van der Waals surface area contributed by atoms with Crippen LogP contribution in [-0.2, 0) is 9.59 Å². The van der Waals surface area contributed by atoms with Gasteiger partial charge in [0.2, 0.25) is 17.7 Å². The first-order valence-electron chi connectivity index (χ1n) is 16.1. The van der Waals surface area contributed by atoms with Gasteiger partial charge in [-0.3, -0.25) is 24.4 Å². The summed E-state index contributed by atoms with van der Waals surface area (Å²) in [5, 5.41) is 24.7. The predicted octanol–water partition coefficient (Wildman–Crippen LogP) is 4.38. The van der Waals surface area contributed by atoms with Crippen LogP contribution in [0.1, 0.15) is 160 Å². The molecule has 2 aliphatic rings. The number of hydrogen-bond donors (Lipinski definition) is 5. The molecule has 0 saturated heterocycles. The van der Waals surface area contributed by atoms with Crippen molar-refractivity contribution in [2.45, 2.75) is 127 Å². The first kappa shape index (κ1) is 35.6. The van der Waals surface area contributed by atoms with Gasteiger partial charge in [-0.15, -0.1) is 0 Å². The number of hydrogen-bond acceptors (Lipinski definition) is 11. The number of nitrogens with zero attached hydrogens (tertiary/aromatic N) is 4. The van der Waals surface area contributed by atoms with Crippen molar-refractivity contribution in [3.05, 3.63) is 23.4 Å². The summed E-state index contributed by atoms with van der Waals surface area (Å²) in [6.07, 6.45) is 18.3. The van der Waals surface area contributed by atoms with Gasteiger partial charge < -0.3 is 25.6 Å². The second-order valence-corrected chi connectivity index (χ2v) is 12.2. The minimum Gasteiger partial charge on any atom is -0.481 e. The van der Waals surface area contributed by atoms with E-state index >= 15 is 0 Å². The van der Waals surface area contributed by atoms with Gasteiger partial charge in [-0.05, 0) is 24.7 Å². The van der Waals surface area contributed by atoms with Crippen molar-refractivity contribution in [1.29, 1.82) is 0 Å². The molecular weight excluding hydrogens is 586 g/mol. The van der Waals surface area contributed by atoms with Gasteiger partial charge in [0.15, 0.2) is 0 Å². The fourth-order valence-electron chi connectivity index (χ4n) is 6.37. The van der Waals surface area contributed by atoms with Gasteiger partial charge in [-0.2, -0.15) is 9.97 Å². The van der Waals surface area contributed by atoms with E-state index in [9.17, 15) is 19.2 Å². The lowest BCUT2D eigenvalue weighted by atomic mass is 9.84. The molecule has 15 heteroatoms. The summed E-state index contributed by atoms with van der Waals surface area (Å²) >= 11 is 0. The fourth-order valence-corrected chi connectivity index (χ4v) is 6.37. The molecule has 4 rings (SSSR count). The maximum absolute atomic E-state index is 11.5. The summed E-state index contributed by atoms with van der Waals surface area (Å²) in [5.74, 6) is -2.15. The van der Waals surface area contributed by atoms with Crippen LogP contribution < -0.4 is 16.9 Å². The molecule has 2 aromatic rings. The molecule has 15 nitrogen and oxygen atoms in total. The van der Waals surface area contributed by atoms with E-state index in [1.54, 1.807) is 5.48 Å². The molecule has 0 bridgehead atoms. The number of primary amides is 2. The molecular formula is C30H47N7O8. The molecule has 0 radical (unpaired) electrons. The maximum Gasteiger partial charge on any atom is 0.304 e. The molecule has 2 aliphatic carbocycles. The number of carboxylic acids is 1. The van der Waals surface area contributed by atoms with Crippen LogP contribution in [-0.4, -0.2) is 54.3 Å². The van der Waals surface area contributed by atoms with Gasteiger partial charge in [-0.1, -0.05) is 100 Å². The van der Waals surface area contributed by atoms with Crippen molar-refractivity contribution < 1.29 is 38.5 Å². The van der Waals surface area contributed by atoms with Crippen molar-refractivity contribution in [1.82, 2.24) is 25.8 Å². The number of amides is 3. The molecule has 2 atom stereocenters. The van der Waals surface area contributed by atoms with E-state index in [1.165, 1.54) is 64.2 Å². The summed E-state index contributed by atoms with van der Waals surface area (Å²) in [6, 6.07) is 0. The van der Waals surface area contributed by atoms with Crippen molar-refractivity contribution in [3.8, 4) is 0 Å². The number of carbonyl (C=O) groups is 4. The van der Waals surface area contributed by atoms with Crippen LogP contribution in [0.25, 0.3) is 0 Å². The van der Waals surface area contributed by atoms with E-state index in [-0.39, 0.29) is 48.1 Å². The summed E-state index contributed by atoms with van der Waals surface area (Å²) in [7, 11) is 0. The number of carbonyl (C=O) groups excluding carboxylic acids is 3. The van der Waals surface area contributed by atoms with E-state index < -0.39 is 23.7 Å². The third kappa shape index (κ3) is 12.6. The first-order chi connectivity index (χ1) is 21.7. The number of aromatic nitrogens is 4. The molecule has 0 aromatic carbocycles. The van der Waals surface area contributed by atoms with E-state index in [1.807, 2.05) is 0 Å². The van der Waals surface area contributed by atoms with Crippen LogP contribution >= 0.6 is 0 Å². The lowest BCUT2D eigenvalue weighted by Crippen LogP contribution is -2.21. The summed E-state index contributed by atoms with van der Waals surface area (Å²) in [6.45, 7) is 0. The molecule has 0 unspecified atom stereocenters. The van der Waals surface area contributed by atoms with Gasteiger partial charge in [0.25, 0.3) is 23.5 Å². The lowest BCUT2D eigenvalue weighted by Gasteiger charge is -2.22. The topological polar surface area (TPSA) is 251 Å². The van der Waals surface area contributed by atoms with Gasteiger partial charge in [-0.25, -0.2) is 5.48 Å². The summed E-state index contributed by atoms with van der Waals surface area (Å²) < 4.78 is 10.1. The van der Waals surface area contributed by atoms with Gasteiger partial charge >= 0.3 is 5.97 Å². The average molecular weight is 634 g/mol. The molecule has 2 heterocycles. The van der Waals surface area contributed by atoms with Crippen LogP contribution in [0.4, 0.5) is 0 Å². The van der Waals surface area contributed by atoms with Crippen molar-refractivity contribution >= 4 is 23.7 Å². The Balaban J connectivity index is 0.000000246. The van der Waals surface area contributed by atoms with Crippen LogP contribution in [0.3, 0.4) is 0 Å². The Kier molecular flexibility index (Phi) is 14.9. The lowest BCUT2D eigenvalue weighted by molar-refractivity contribution is -0.137. The average Bonchev–Trinajstić information content (AvgIpc) is 3.73. The van der Waals surface area contributed by atoms with Crippen molar-refractivity contribution in [2.24, 2.45) is 23.3 Å². The SMILES string of the molecule is NC(=O)c1noc([C@H](CCCC2CCCCC2)CC(=O)NO)n1.NC(=O)c1noc([C@H](CCCC2CCCCC2)CC(=O)O)n1. The second kappa shape index (κ2) is 18.8. The third-order valence-corrected chi connectivity index (χ3v) is 8.78. The highest BCUT2D eigenvalue weighted by atomic mass is 16.5. The maximum atomic E-state index is 11.5. The Bertz CT molecular complexity index is 1220. The first-order valence-corrected chi connectivity index (χ1v) is 16.1. The zero-order chi connectivity index (χ0) is 32.6. The largest absolute Gasteiger partial charge is 0.481 e. The number of aliphatic carboxylic acids is 1. The normalized spacial score (nSPS) is 17.1. The van der Waals surface area contributed by atoms with Crippen LogP contribution in [0.5, 0.6) is 0 Å². The number of nitrogens with one attached hydrogen (secondary N) is 1. The zero-order valence-corrected chi connectivity index (χ0v) is 25.8. The Morgan fingerprint density at radius 3 is 1.51 bits per heavy atom. The standard InChI is InChI=1S/C15H24N4O4.C15H23N3O4/c16-13(21)14-17-15(23-19-14)11(9-12(20)18-22)8-4-7-10-5-2-1-3-6-10;16-13(21)14-17-15(22-18-14)11(9-12(19)20)8-4-7-10-5-2-1-3-6-10/h10-11,22H,1-9H2,(H2,16,21)(H,18,20);10-11H,1-9H2,(H2,16,21)(H,19,20)/t2*11-/m11/s1. The number of hydroxylamine groups is 1. The van der Waals surface area contributed by atoms with Gasteiger partial charge in [0.05, 0.1) is 6.42 Å². The van der Waals surface area contributed by atoms with Gasteiger partial charge in [0, 0.05) is 18.3 Å². The third-order valence-electron chi connectivity index (χ3n) is 8.78. The minimum atomic E-state index is -0.915. The fraction of sp³-hybridized carbons (Fsp3) is 0.733. The summed E-state index contributed by atoms with van der Waals surface area (Å²) in [5.41, 5.74) is 11.8. The van der Waals surface area contributed by atoms with Crippen LogP contribution in [0.15, 0.2) is 9.05 Å². The minimum absolute atomic E-state index is 0.0293.